The van der Waals surface area contributed by atoms with Crippen LogP contribution in [-0.4, -0.2) is 45.3 Å². The molecule has 1 amide bonds. The fourth-order valence-electron chi connectivity index (χ4n) is 3.44. The van der Waals surface area contributed by atoms with Crippen LogP contribution in [0.15, 0.2) is 48.9 Å². The minimum atomic E-state index is -1.18. The zero-order valence-electron chi connectivity index (χ0n) is 20.8. The molecule has 0 saturated heterocycles. The maximum Gasteiger partial charge on any atom is 0.222 e. The van der Waals surface area contributed by atoms with Crippen LogP contribution in [0.4, 0.5) is 5.82 Å². The summed E-state index contributed by atoms with van der Waals surface area (Å²) in [6.07, 6.45) is 3.81. The normalized spacial score (nSPS) is 11.6. The number of hydrogen-bond donors (Lipinski definition) is 1. The number of benzene rings is 1. The highest BCUT2D eigenvalue weighted by molar-refractivity contribution is 7.18. The summed E-state index contributed by atoms with van der Waals surface area (Å²) in [5, 5.41) is 8.64. The number of carbonyl (C=O) groups excluding carboxylic acids is 1. The average Bonchev–Trinajstić information content (AvgIpc) is 3.44. The highest BCUT2D eigenvalue weighted by atomic mass is 35.5. The van der Waals surface area contributed by atoms with Gasteiger partial charge in [0.2, 0.25) is 5.91 Å². The molecule has 1 N–H and O–H groups in total. The molecular formula is C25H29ClN6O2SSi. The average molecular weight is 541 g/mol. The minimum Gasteiger partial charge on any atom is -0.359 e. The van der Waals surface area contributed by atoms with Gasteiger partial charge in [-0.1, -0.05) is 43.4 Å². The molecule has 0 fully saturated rings. The maximum absolute atomic E-state index is 11.5. The van der Waals surface area contributed by atoms with Crippen molar-refractivity contribution in [2.75, 3.05) is 11.9 Å². The molecule has 3 aromatic heterocycles. The van der Waals surface area contributed by atoms with Crippen LogP contribution in [0.2, 0.25) is 30.7 Å². The number of anilines is 1. The Morgan fingerprint density at radius 2 is 1.94 bits per heavy atom. The molecule has 0 bridgehead atoms. The summed E-state index contributed by atoms with van der Waals surface area (Å²) in [6, 6.07) is 12.5. The number of halogens is 1. The van der Waals surface area contributed by atoms with E-state index in [0.29, 0.717) is 36.4 Å². The number of nitrogens with zero attached hydrogens (tertiary/aromatic N) is 5. The number of rotatable bonds is 10. The highest BCUT2D eigenvalue weighted by Gasteiger charge is 2.20. The van der Waals surface area contributed by atoms with Crippen LogP contribution >= 0.6 is 22.9 Å². The SMILES string of the molecule is CC(=O)Nc1cc(-c2nc(Cc3ccc(Cl)cc3)c(-c3ncnn3COCC[Si](C)(C)C)s2)ccn1. The van der Waals surface area contributed by atoms with Gasteiger partial charge < -0.3 is 10.1 Å². The van der Waals surface area contributed by atoms with Gasteiger partial charge in [-0.3, -0.25) is 4.79 Å². The van der Waals surface area contributed by atoms with Crippen LogP contribution in [-0.2, 0) is 22.7 Å². The van der Waals surface area contributed by atoms with Crippen LogP contribution in [0.25, 0.3) is 21.3 Å². The first-order valence-corrected chi connectivity index (χ1v) is 16.5. The van der Waals surface area contributed by atoms with Gasteiger partial charge in [-0.15, -0.1) is 11.3 Å². The second-order valence-electron chi connectivity index (χ2n) is 9.64. The molecule has 3 heterocycles. The number of hydrogen-bond acceptors (Lipinski definition) is 7. The number of thiazole rings is 1. The summed E-state index contributed by atoms with van der Waals surface area (Å²) >= 11 is 7.62. The van der Waals surface area contributed by atoms with E-state index in [4.69, 9.17) is 21.3 Å². The van der Waals surface area contributed by atoms with E-state index in [1.807, 2.05) is 36.4 Å². The largest absolute Gasteiger partial charge is 0.359 e. The van der Waals surface area contributed by atoms with E-state index in [0.717, 1.165) is 32.7 Å². The predicted octanol–water partition coefficient (Wildman–Crippen LogP) is 5.98. The molecule has 0 spiro atoms. The molecule has 0 atom stereocenters. The molecule has 0 aliphatic rings. The second-order valence-corrected chi connectivity index (χ2v) is 16.7. The molecule has 0 aliphatic heterocycles. The van der Waals surface area contributed by atoms with Crippen molar-refractivity contribution >= 4 is 42.7 Å². The van der Waals surface area contributed by atoms with Gasteiger partial charge in [-0.25, -0.2) is 19.6 Å². The summed E-state index contributed by atoms with van der Waals surface area (Å²) in [5.74, 6) is 1.02. The van der Waals surface area contributed by atoms with Crippen LogP contribution in [0.3, 0.4) is 0 Å². The van der Waals surface area contributed by atoms with Gasteiger partial charge in [-0.05, 0) is 35.9 Å². The number of pyridine rings is 1. The highest BCUT2D eigenvalue weighted by Crippen LogP contribution is 2.36. The molecule has 36 heavy (non-hydrogen) atoms. The Morgan fingerprint density at radius 1 is 1.17 bits per heavy atom. The van der Waals surface area contributed by atoms with Crippen LogP contribution in [0, 0.1) is 0 Å². The molecule has 1 aromatic carbocycles. The standard InChI is InChI=1S/C25H29ClN6O2SSi/c1-17(33)30-22-14-19(9-10-27-22)25-31-21(13-18-5-7-20(26)8-6-18)23(35-25)24-28-15-29-32(24)16-34-11-12-36(2,3)4/h5-10,14-15H,11-13,16H2,1-4H3,(H,27,30,33). The van der Waals surface area contributed by atoms with Crippen LogP contribution < -0.4 is 5.32 Å². The summed E-state index contributed by atoms with van der Waals surface area (Å²) in [5.41, 5.74) is 2.83. The molecule has 0 saturated carbocycles. The molecule has 4 aromatic rings. The number of nitrogens with one attached hydrogen (secondary N) is 1. The minimum absolute atomic E-state index is 0.176. The van der Waals surface area contributed by atoms with E-state index in [9.17, 15) is 4.79 Å². The van der Waals surface area contributed by atoms with Crippen molar-refractivity contribution in [3.05, 3.63) is 65.2 Å². The van der Waals surface area contributed by atoms with Crippen molar-refractivity contribution in [2.45, 2.75) is 45.8 Å². The second kappa shape index (κ2) is 11.4. The number of carbonyl (C=O) groups is 1. The third-order valence-electron chi connectivity index (χ3n) is 5.32. The number of ether oxygens (including phenoxy) is 1. The van der Waals surface area contributed by atoms with E-state index in [1.165, 1.54) is 18.3 Å². The van der Waals surface area contributed by atoms with E-state index < -0.39 is 8.07 Å². The summed E-state index contributed by atoms with van der Waals surface area (Å²) in [6.45, 7) is 9.47. The lowest BCUT2D eigenvalue weighted by atomic mass is 10.1. The Labute approximate surface area is 220 Å². The van der Waals surface area contributed by atoms with Gasteiger partial charge in [0.15, 0.2) is 5.82 Å². The van der Waals surface area contributed by atoms with Crippen LogP contribution in [0.5, 0.6) is 0 Å². The van der Waals surface area contributed by atoms with Crippen molar-refractivity contribution in [3.8, 4) is 21.3 Å². The summed E-state index contributed by atoms with van der Waals surface area (Å²) in [7, 11) is -1.18. The first-order chi connectivity index (χ1) is 17.2. The Hall–Kier alpha value is -2.92. The molecular weight excluding hydrogens is 512 g/mol. The molecule has 0 unspecified atom stereocenters. The first-order valence-electron chi connectivity index (χ1n) is 11.6. The van der Waals surface area contributed by atoms with E-state index in [2.05, 4.69) is 40.0 Å². The summed E-state index contributed by atoms with van der Waals surface area (Å²) in [4.78, 5) is 26.2. The van der Waals surface area contributed by atoms with Crippen molar-refractivity contribution < 1.29 is 9.53 Å². The zero-order valence-corrected chi connectivity index (χ0v) is 23.4. The predicted molar refractivity (Wildman–Crippen MR) is 147 cm³/mol. The van der Waals surface area contributed by atoms with Gasteiger partial charge in [-0.2, -0.15) is 5.10 Å². The lowest BCUT2D eigenvalue weighted by Crippen LogP contribution is -2.22. The maximum atomic E-state index is 11.5. The Kier molecular flexibility index (Phi) is 8.30. The van der Waals surface area contributed by atoms with Gasteiger partial charge in [0.05, 0.1) is 10.6 Å². The lowest BCUT2D eigenvalue weighted by Gasteiger charge is -2.15. The molecule has 11 heteroatoms. The van der Waals surface area contributed by atoms with Gasteiger partial charge in [0.25, 0.3) is 0 Å². The molecule has 4 rings (SSSR count). The fourth-order valence-corrected chi connectivity index (χ4v) is 5.40. The van der Waals surface area contributed by atoms with Gasteiger partial charge in [0.1, 0.15) is 23.9 Å². The molecule has 0 aliphatic carbocycles. The van der Waals surface area contributed by atoms with Crippen molar-refractivity contribution in [1.29, 1.82) is 0 Å². The Bertz CT molecular complexity index is 1330. The van der Waals surface area contributed by atoms with Crippen molar-refractivity contribution in [1.82, 2.24) is 24.7 Å². The van der Waals surface area contributed by atoms with E-state index in [1.54, 1.807) is 17.2 Å². The van der Waals surface area contributed by atoms with Crippen molar-refractivity contribution in [2.24, 2.45) is 0 Å². The number of amides is 1. The monoisotopic (exact) mass is 540 g/mol. The molecule has 188 valence electrons. The molecule has 8 nitrogen and oxygen atoms in total. The fraction of sp³-hybridized carbons (Fsp3) is 0.320. The first kappa shape index (κ1) is 26.1. The lowest BCUT2D eigenvalue weighted by molar-refractivity contribution is -0.114. The van der Waals surface area contributed by atoms with Gasteiger partial charge >= 0.3 is 0 Å². The Morgan fingerprint density at radius 3 is 2.67 bits per heavy atom. The topological polar surface area (TPSA) is 94.8 Å². The number of aromatic nitrogens is 5. The third-order valence-corrected chi connectivity index (χ3v) is 8.42. The van der Waals surface area contributed by atoms with E-state index in [-0.39, 0.29) is 5.91 Å². The van der Waals surface area contributed by atoms with Gasteiger partial charge in [0, 0.05) is 44.8 Å². The molecule has 0 radical (unpaired) electrons. The smallest absolute Gasteiger partial charge is 0.222 e. The quantitative estimate of drug-likeness (QED) is 0.196. The van der Waals surface area contributed by atoms with Crippen LogP contribution in [0.1, 0.15) is 18.2 Å². The summed E-state index contributed by atoms with van der Waals surface area (Å²) < 4.78 is 7.73. The van der Waals surface area contributed by atoms with E-state index >= 15 is 0 Å². The Balaban J connectivity index is 1.66. The third kappa shape index (κ3) is 7.07. The van der Waals surface area contributed by atoms with Crippen molar-refractivity contribution in [3.63, 3.8) is 0 Å². The zero-order chi connectivity index (χ0) is 25.7.